The molecule has 0 aliphatic carbocycles. The minimum absolute atomic E-state index is 0.0539. The minimum atomic E-state index is -0.289. The van der Waals surface area contributed by atoms with E-state index in [0.29, 0.717) is 31.7 Å². The second-order valence-electron chi connectivity index (χ2n) is 7.58. The lowest BCUT2D eigenvalue weighted by Crippen LogP contribution is -2.44. The molecule has 28 heavy (non-hydrogen) atoms. The van der Waals surface area contributed by atoms with E-state index in [2.05, 4.69) is 10.4 Å². The summed E-state index contributed by atoms with van der Waals surface area (Å²) in [5, 5.41) is 7.22. The lowest BCUT2D eigenvalue weighted by Gasteiger charge is -2.26. The Kier molecular flexibility index (Phi) is 7.60. The number of rotatable bonds is 5. The Balaban J connectivity index is 2.06. The summed E-state index contributed by atoms with van der Waals surface area (Å²) in [4.78, 5) is 41.3. The molecular weight excluding hydrogens is 358 g/mol. The summed E-state index contributed by atoms with van der Waals surface area (Å²) < 4.78 is 1.66. The van der Waals surface area contributed by atoms with E-state index < -0.39 is 0 Å². The Labute approximate surface area is 167 Å². The maximum Gasteiger partial charge on any atom is 0.272 e. The molecule has 1 aliphatic rings. The van der Waals surface area contributed by atoms with Crippen molar-refractivity contribution in [1.29, 1.82) is 0 Å². The monoisotopic (exact) mass is 391 g/mol. The van der Waals surface area contributed by atoms with Crippen molar-refractivity contribution in [3.8, 4) is 0 Å². The molecule has 0 saturated carbocycles. The smallest absolute Gasteiger partial charge is 0.272 e. The number of nitrogens with zero attached hydrogens (tertiary/aromatic N) is 4. The molecule has 1 aliphatic heterocycles. The van der Waals surface area contributed by atoms with Crippen molar-refractivity contribution in [3.63, 3.8) is 0 Å². The summed E-state index contributed by atoms with van der Waals surface area (Å²) in [5.74, 6) is -0.522. The molecule has 8 nitrogen and oxygen atoms in total. The van der Waals surface area contributed by atoms with Crippen LogP contribution in [0, 0.1) is 12.8 Å². The maximum absolute atomic E-state index is 12.7. The van der Waals surface area contributed by atoms with Gasteiger partial charge < -0.3 is 15.1 Å². The molecule has 2 atom stereocenters. The third-order valence-corrected chi connectivity index (χ3v) is 5.55. The number of aromatic nitrogens is 2. The predicted octanol–water partition coefficient (Wildman–Crippen LogP) is 1.34. The van der Waals surface area contributed by atoms with Crippen LogP contribution in [0.25, 0.3) is 0 Å². The van der Waals surface area contributed by atoms with Crippen molar-refractivity contribution < 1.29 is 14.4 Å². The highest BCUT2D eigenvalue weighted by Gasteiger charge is 2.29. The second kappa shape index (κ2) is 9.71. The lowest BCUT2D eigenvalue weighted by molar-refractivity contribution is -0.140. The van der Waals surface area contributed by atoms with E-state index in [4.69, 9.17) is 0 Å². The zero-order valence-corrected chi connectivity index (χ0v) is 17.7. The summed E-state index contributed by atoms with van der Waals surface area (Å²) in [6.07, 6.45) is 2.39. The molecule has 1 saturated heterocycles. The van der Waals surface area contributed by atoms with Gasteiger partial charge in [0.05, 0.1) is 0 Å². The van der Waals surface area contributed by atoms with Crippen LogP contribution in [-0.2, 0) is 16.6 Å². The maximum atomic E-state index is 12.7. The van der Waals surface area contributed by atoms with E-state index in [1.54, 1.807) is 34.6 Å². The van der Waals surface area contributed by atoms with Gasteiger partial charge in [-0.25, -0.2) is 0 Å². The van der Waals surface area contributed by atoms with Crippen molar-refractivity contribution in [2.75, 3.05) is 26.7 Å². The topological polar surface area (TPSA) is 87.5 Å². The SMILES string of the molecule is CCN(CC)C(=O)C1CCCC(NC(=O)c2cc(C)n(C)n2)CN(C)C(=O)C1. The molecular formula is C20H33N5O3. The van der Waals surface area contributed by atoms with Crippen LogP contribution < -0.4 is 5.32 Å². The van der Waals surface area contributed by atoms with E-state index in [9.17, 15) is 14.4 Å². The van der Waals surface area contributed by atoms with Crippen molar-refractivity contribution in [2.24, 2.45) is 13.0 Å². The quantitative estimate of drug-likeness (QED) is 0.821. The number of likely N-dealkylation sites (N-methyl/N-ethyl adjacent to an activating group) is 1. The molecule has 2 heterocycles. The van der Waals surface area contributed by atoms with Crippen LogP contribution in [0.4, 0.5) is 0 Å². The van der Waals surface area contributed by atoms with Gasteiger partial charge in [-0.3, -0.25) is 19.1 Å². The average molecular weight is 392 g/mol. The summed E-state index contributed by atoms with van der Waals surface area (Å²) in [6.45, 7) is 7.53. The largest absolute Gasteiger partial charge is 0.346 e. The Morgan fingerprint density at radius 1 is 1.25 bits per heavy atom. The molecule has 0 spiro atoms. The molecule has 2 unspecified atom stereocenters. The normalized spacial score (nSPS) is 20.9. The molecule has 3 amide bonds. The number of carbonyl (C=O) groups excluding carboxylic acids is 3. The molecule has 1 aromatic heterocycles. The fourth-order valence-corrected chi connectivity index (χ4v) is 3.66. The van der Waals surface area contributed by atoms with E-state index in [-0.39, 0.29) is 36.1 Å². The molecule has 0 bridgehead atoms. The van der Waals surface area contributed by atoms with Crippen molar-refractivity contribution >= 4 is 17.7 Å². The third kappa shape index (κ3) is 5.33. The van der Waals surface area contributed by atoms with E-state index in [1.165, 1.54) is 0 Å². The van der Waals surface area contributed by atoms with Gasteiger partial charge in [0, 0.05) is 57.8 Å². The highest BCUT2D eigenvalue weighted by Crippen LogP contribution is 2.21. The Morgan fingerprint density at radius 3 is 2.50 bits per heavy atom. The van der Waals surface area contributed by atoms with Crippen molar-refractivity contribution in [2.45, 2.75) is 52.5 Å². The van der Waals surface area contributed by atoms with E-state index >= 15 is 0 Å². The van der Waals surface area contributed by atoms with Crippen molar-refractivity contribution in [1.82, 2.24) is 24.9 Å². The summed E-state index contributed by atoms with van der Waals surface area (Å²) in [5.41, 5.74) is 1.29. The fraction of sp³-hybridized carbons (Fsp3) is 0.700. The first-order valence-corrected chi connectivity index (χ1v) is 10.1. The molecule has 1 N–H and O–H groups in total. The van der Waals surface area contributed by atoms with Crippen LogP contribution in [0.2, 0.25) is 0 Å². The van der Waals surface area contributed by atoms with Gasteiger partial charge in [0.1, 0.15) is 5.69 Å². The van der Waals surface area contributed by atoms with Gasteiger partial charge >= 0.3 is 0 Å². The minimum Gasteiger partial charge on any atom is -0.346 e. The van der Waals surface area contributed by atoms with Gasteiger partial charge in [0.2, 0.25) is 11.8 Å². The molecule has 1 fully saturated rings. The molecule has 2 rings (SSSR count). The zero-order chi connectivity index (χ0) is 20.8. The molecule has 156 valence electrons. The van der Waals surface area contributed by atoms with Gasteiger partial charge in [0.25, 0.3) is 5.91 Å². The first kappa shape index (κ1) is 21.9. The highest BCUT2D eigenvalue weighted by molar-refractivity contribution is 5.92. The van der Waals surface area contributed by atoms with E-state index in [1.807, 2.05) is 20.8 Å². The van der Waals surface area contributed by atoms with Gasteiger partial charge in [-0.15, -0.1) is 0 Å². The molecule has 1 aromatic rings. The van der Waals surface area contributed by atoms with Gasteiger partial charge in [-0.05, 0) is 39.7 Å². The molecule has 0 aromatic carbocycles. The predicted molar refractivity (Wildman–Crippen MR) is 107 cm³/mol. The summed E-state index contributed by atoms with van der Waals surface area (Å²) in [6, 6.07) is 1.59. The first-order valence-electron chi connectivity index (χ1n) is 10.1. The number of hydrogen-bond donors (Lipinski definition) is 1. The second-order valence-corrected chi connectivity index (χ2v) is 7.58. The third-order valence-electron chi connectivity index (χ3n) is 5.55. The Hall–Kier alpha value is -2.38. The number of carbonyl (C=O) groups is 3. The fourth-order valence-electron chi connectivity index (χ4n) is 3.66. The number of hydrogen-bond acceptors (Lipinski definition) is 4. The van der Waals surface area contributed by atoms with Crippen LogP contribution in [-0.4, -0.2) is 70.0 Å². The average Bonchev–Trinajstić information content (AvgIpc) is 3.02. The van der Waals surface area contributed by atoms with Crippen LogP contribution in [0.5, 0.6) is 0 Å². The standard InChI is InChI=1S/C20H33N5O3/c1-6-25(7-2)20(28)15-9-8-10-16(13-23(4)18(26)12-15)21-19(27)17-11-14(3)24(5)22-17/h11,15-16H,6-10,12-13H2,1-5H3,(H,21,27). The Morgan fingerprint density at radius 2 is 1.93 bits per heavy atom. The lowest BCUT2D eigenvalue weighted by atomic mass is 9.95. The van der Waals surface area contributed by atoms with Gasteiger partial charge in [-0.1, -0.05) is 6.42 Å². The highest BCUT2D eigenvalue weighted by atomic mass is 16.2. The molecule has 0 radical (unpaired) electrons. The first-order chi connectivity index (χ1) is 13.3. The number of aryl methyl sites for hydroxylation is 2. The van der Waals surface area contributed by atoms with Crippen LogP contribution in [0.3, 0.4) is 0 Å². The van der Waals surface area contributed by atoms with Gasteiger partial charge in [0.15, 0.2) is 0 Å². The van der Waals surface area contributed by atoms with Crippen LogP contribution >= 0.6 is 0 Å². The number of amides is 3. The van der Waals surface area contributed by atoms with Crippen LogP contribution in [0.1, 0.15) is 55.7 Å². The Bertz CT molecular complexity index is 691. The van der Waals surface area contributed by atoms with Gasteiger partial charge in [-0.2, -0.15) is 5.10 Å². The zero-order valence-electron chi connectivity index (χ0n) is 17.7. The summed E-state index contributed by atoms with van der Waals surface area (Å²) in [7, 11) is 3.53. The molecule has 8 heteroatoms. The number of nitrogens with one attached hydrogen (secondary N) is 1. The van der Waals surface area contributed by atoms with Crippen LogP contribution in [0.15, 0.2) is 6.07 Å². The summed E-state index contributed by atoms with van der Waals surface area (Å²) >= 11 is 0. The van der Waals surface area contributed by atoms with Crippen molar-refractivity contribution in [3.05, 3.63) is 17.5 Å². The van der Waals surface area contributed by atoms with E-state index in [0.717, 1.165) is 18.5 Å².